The molecule has 4 rings (SSSR count). The topological polar surface area (TPSA) is 74.8 Å². The number of hydrogen-bond donors (Lipinski definition) is 2. The number of halogens is 4. The van der Waals surface area contributed by atoms with E-state index in [1.807, 2.05) is 46.4 Å². The van der Waals surface area contributed by atoms with Gasteiger partial charge in [-0.3, -0.25) is 9.80 Å². The molecule has 2 atom stereocenters. The fourth-order valence-corrected chi connectivity index (χ4v) is 5.78. The Morgan fingerprint density at radius 1 is 1.12 bits per heavy atom. The molecule has 2 aromatic rings. The second-order valence-electron chi connectivity index (χ2n) is 12.3. The smallest absolute Gasteiger partial charge is 0.387 e. The predicted octanol–water partition coefficient (Wildman–Crippen LogP) is 6.22. The number of piperidine rings is 2. The molecule has 0 amide bonds. The van der Waals surface area contributed by atoms with Gasteiger partial charge < -0.3 is 20.1 Å². The van der Waals surface area contributed by atoms with E-state index in [4.69, 9.17) is 8.85 Å². The van der Waals surface area contributed by atoms with Gasteiger partial charge in [0.05, 0.1) is 6.20 Å². The summed E-state index contributed by atoms with van der Waals surface area (Å²) in [5.41, 5.74) is -1.20. The molecule has 1 aromatic heterocycles. The van der Waals surface area contributed by atoms with Crippen LogP contribution in [0.15, 0.2) is 24.4 Å². The van der Waals surface area contributed by atoms with Crippen molar-refractivity contribution in [2.75, 3.05) is 30.7 Å². The van der Waals surface area contributed by atoms with Crippen molar-refractivity contribution in [3.63, 3.8) is 0 Å². The number of rotatable bonds is 9. The second kappa shape index (κ2) is 12.2. The van der Waals surface area contributed by atoms with Gasteiger partial charge in [0, 0.05) is 52.1 Å². The predicted molar refractivity (Wildman–Crippen MR) is 152 cm³/mol. The van der Waals surface area contributed by atoms with E-state index in [0.717, 1.165) is 6.20 Å². The van der Waals surface area contributed by atoms with Crippen LogP contribution < -0.4 is 20.1 Å². The van der Waals surface area contributed by atoms with Gasteiger partial charge in [-0.05, 0) is 79.9 Å². The Morgan fingerprint density at radius 3 is 2.44 bits per heavy atom. The number of anilines is 3. The summed E-state index contributed by atoms with van der Waals surface area (Å²) >= 11 is 0. The first-order valence-corrected chi connectivity index (χ1v) is 13.9. The minimum atomic E-state index is -3.15. The summed E-state index contributed by atoms with van der Waals surface area (Å²) in [6.45, 7) is 6.65. The van der Waals surface area contributed by atoms with Gasteiger partial charge in [-0.25, -0.2) is 13.8 Å². The molecule has 0 spiro atoms. The molecule has 1 aromatic carbocycles. The Morgan fingerprint density at radius 2 is 1.83 bits per heavy atom. The van der Waals surface area contributed by atoms with Gasteiger partial charge in [0.25, 0.3) is 0 Å². The van der Waals surface area contributed by atoms with Gasteiger partial charge in [-0.2, -0.15) is 13.8 Å². The summed E-state index contributed by atoms with van der Waals surface area (Å²) in [5, 5.41) is 5.97. The van der Waals surface area contributed by atoms with E-state index in [-0.39, 0.29) is 47.6 Å². The van der Waals surface area contributed by atoms with Crippen molar-refractivity contribution in [3.8, 4) is 11.5 Å². The third-order valence-corrected chi connectivity index (χ3v) is 7.73. The van der Waals surface area contributed by atoms with E-state index in [2.05, 4.69) is 25.3 Å². The molecular weight excluding hydrogens is 540 g/mol. The molecule has 2 saturated heterocycles. The molecule has 12 heteroatoms. The van der Waals surface area contributed by atoms with Crippen LogP contribution in [0, 0.1) is 5.82 Å². The zero-order valence-corrected chi connectivity index (χ0v) is 24.3. The molecule has 2 aliphatic rings. The lowest BCUT2D eigenvalue weighted by Crippen LogP contribution is -2.61. The van der Waals surface area contributed by atoms with Crippen LogP contribution in [0.1, 0.15) is 64.9 Å². The summed E-state index contributed by atoms with van der Waals surface area (Å²) in [5.74, 6) is -1.15. The van der Waals surface area contributed by atoms with Crippen molar-refractivity contribution in [3.05, 3.63) is 30.2 Å². The van der Waals surface area contributed by atoms with Crippen molar-refractivity contribution in [2.24, 2.45) is 0 Å². The van der Waals surface area contributed by atoms with Crippen LogP contribution in [0.3, 0.4) is 0 Å². The molecule has 8 nitrogen and oxygen atoms in total. The highest BCUT2D eigenvalue weighted by atomic mass is 19.3. The lowest BCUT2D eigenvalue weighted by molar-refractivity contribution is -0.0540. The Balaban J connectivity index is 1.50. The zero-order chi connectivity index (χ0) is 32.6. The van der Waals surface area contributed by atoms with Crippen molar-refractivity contribution in [2.45, 2.75) is 103 Å². The van der Waals surface area contributed by atoms with E-state index in [0.29, 0.717) is 25.8 Å². The standard InChI is InChI=1S/C29H42F4N6O2/c1-17(2)39-11-10-22(21(31)16-39)40-23-9-8-18(12-24(23)41-26(32)33)36-27-34-15-20(30)25(37-27)35-19-13-28(3,4)38(7)29(5,6)14-19/h8-9,12,15,17,19,21-22,26H,10-11,13-14,16H2,1-7H3,(H2,34,35,36,37)/i7D3. The van der Waals surface area contributed by atoms with Gasteiger partial charge in [0.2, 0.25) is 5.95 Å². The number of hydrogen-bond acceptors (Lipinski definition) is 8. The number of benzene rings is 1. The maximum absolute atomic E-state index is 14.9. The average Bonchev–Trinajstić information content (AvgIpc) is 2.85. The third kappa shape index (κ3) is 7.51. The summed E-state index contributed by atoms with van der Waals surface area (Å²) in [6.07, 6.45) is 0.0547. The molecule has 228 valence electrons. The third-order valence-electron chi connectivity index (χ3n) is 7.73. The van der Waals surface area contributed by atoms with Gasteiger partial charge in [0.1, 0.15) is 12.3 Å². The zero-order valence-electron chi connectivity index (χ0n) is 27.3. The lowest BCUT2D eigenvalue weighted by Gasteiger charge is -2.53. The highest BCUT2D eigenvalue weighted by molar-refractivity contribution is 5.60. The number of aromatic nitrogens is 2. The monoisotopic (exact) mass is 585 g/mol. The number of nitrogens with zero attached hydrogens (tertiary/aromatic N) is 4. The second-order valence-corrected chi connectivity index (χ2v) is 12.3. The number of alkyl halides is 3. The maximum Gasteiger partial charge on any atom is 0.387 e. The van der Waals surface area contributed by atoms with Crippen LogP contribution >= 0.6 is 0 Å². The van der Waals surface area contributed by atoms with E-state index < -0.39 is 42.8 Å². The van der Waals surface area contributed by atoms with E-state index in [1.54, 1.807) is 0 Å². The minimum Gasteiger partial charge on any atom is -0.483 e. The molecule has 2 N–H and O–H groups in total. The minimum absolute atomic E-state index is 0.0195. The first kappa shape index (κ1) is 27.0. The van der Waals surface area contributed by atoms with Crippen LogP contribution in [0.4, 0.5) is 35.0 Å². The highest BCUT2D eigenvalue weighted by Crippen LogP contribution is 2.38. The summed E-state index contributed by atoms with van der Waals surface area (Å²) in [6, 6.07) is 4.04. The van der Waals surface area contributed by atoms with Crippen LogP contribution in [-0.4, -0.2) is 81.9 Å². The fraction of sp³-hybridized carbons (Fsp3) is 0.655. The van der Waals surface area contributed by atoms with Gasteiger partial charge in [-0.15, -0.1) is 0 Å². The van der Waals surface area contributed by atoms with E-state index in [1.165, 1.54) is 23.1 Å². The average molecular weight is 586 g/mol. The first-order chi connectivity index (χ1) is 20.4. The molecule has 0 radical (unpaired) electrons. The largest absolute Gasteiger partial charge is 0.483 e. The summed E-state index contributed by atoms with van der Waals surface area (Å²) in [4.78, 5) is 11.7. The van der Waals surface area contributed by atoms with E-state index >= 15 is 0 Å². The summed E-state index contributed by atoms with van der Waals surface area (Å²) < 4.78 is 90.8. The molecular formula is C29H42F4N6O2. The molecule has 0 aliphatic carbocycles. The Labute approximate surface area is 244 Å². The molecule has 2 unspecified atom stereocenters. The highest BCUT2D eigenvalue weighted by Gasteiger charge is 2.43. The maximum atomic E-state index is 14.9. The molecule has 0 bridgehead atoms. The molecule has 0 saturated carbocycles. The molecule has 41 heavy (non-hydrogen) atoms. The van der Waals surface area contributed by atoms with E-state index in [9.17, 15) is 17.6 Å². The van der Waals surface area contributed by atoms with Gasteiger partial charge >= 0.3 is 6.61 Å². The number of likely N-dealkylation sites (tertiary alicyclic amines) is 2. The van der Waals surface area contributed by atoms with Crippen molar-refractivity contribution in [1.82, 2.24) is 19.8 Å². The van der Waals surface area contributed by atoms with Crippen LogP contribution in [0.2, 0.25) is 0 Å². The van der Waals surface area contributed by atoms with Crippen molar-refractivity contribution < 1.29 is 31.1 Å². The van der Waals surface area contributed by atoms with Crippen LogP contribution in [0.5, 0.6) is 11.5 Å². The Bertz CT molecular complexity index is 1280. The SMILES string of the molecule is [2H]C([2H])([2H])N1C(C)(C)CC(Nc2nc(Nc3ccc(OC4CCN(C(C)C)CC4F)c(OC(F)F)c3)ncc2F)CC1(C)C. The summed E-state index contributed by atoms with van der Waals surface area (Å²) in [7, 11) is 0. The molecule has 3 heterocycles. The van der Waals surface area contributed by atoms with Crippen LogP contribution in [-0.2, 0) is 0 Å². The fourth-order valence-electron chi connectivity index (χ4n) is 5.78. The molecule has 2 fully saturated rings. The first-order valence-electron chi connectivity index (χ1n) is 15.4. The number of nitrogens with one attached hydrogen (secondary N) is 2. The van der Waals surface area contributed by atoms with Crippen molar-refractivity contribution >= 4 is 17.5 Å². The van der Waals surface area contributed by atoms with Crippen LogP contribution in [0.25, 0.3) is 0 Å². The normalized spacial score (nSPS) is 24.9. The van der Waals surface area contributed by atoms with Crippen molar-refractivity contribution in [1.29, 1.82) is 0 Å². The quantitative estimate of drug-likeness (QED) is 0.336. The molecule has 2 aliphatic heterocycles. The lowest BCUT2D eigenvalue weighted by atomic mass is 9.77. The Hall–Kier alpha value is -2.86. The Kier molecular flexibility index (Phi) is 8.01. The van der Waals surface area contributed by atoms with Gasteiger partial charge in [-0.1, -0.05) is 0 Å². The van der Waals surface area contributed by atoms with Gasteiger partial charge in [0.15, 0.2) is 23.1 Å². The number of ether oxygens (including phenoxy) is 2.